The van der Waals surface area contributed by atoms with Crippen LogP contribution in [0.5, 0.6) is 0 Å². The molecule has 144 valence electrons. The molecule has 1 fully saturated rings. The Hall–Kier alpha value is -1.88. The number of carbonyl (C=O) groups excluding carboxylic acids is 2. The van der Waals surface area contributed by atoms with E-state index in [1.54, 1.807) is 0 Å². The molecule has 0 radical (unpaired) electrons. The third kappa shape index (κ3) is 6.13. The summed E-state index contributed by atoms with van der Waals surface area (Å²) in [5, 5.41) is 9.64. The zero-order valence-electron chi connectivity index (χ0n) is 15.7. The molecule has 1 aliphatic rings. The number of aliphatic hydroxyl groups excluding tert-OH is 1. The molecule has 5 nitrogen and oxygen atoms in total. The largest absolute Gasteiger partial charge is 0.469 e. The smallest absolute Gasteiger partial charge is 0.305 e. The van der Waals surface area contributed by atoms with Gasteiger partial charge in [-0.25, -0.2) is 0 Å². The van der Waals surface area contributed by atoms with Gasteiger partial charge in [0.25, 0.3) is 0 Å². The van der Waals surface area contributed by atoms with E-state index in [2.05, 4.69) is 16.9 Å². The second-order valence-electron chi connectivity index (χ2n) is 7.07. The van der Waals surface area contributed by atoms with Gasteiger partial charge in [0.1, 0.15) is 0 Å². The van der Waals surface area contributed by atoms with Crippen molar-refractivity contribution in [1.29, 1.82) is 0 Å². The van der Waals surface area contributed by atoms with E-state index in [4.69, 9.17) is 0 Å². The molecule has 2 atom stereocenters. The summed E-state index contributed by atoms with van der Waals surface area (Å²) in [6.07, 6.45) is 6.56. The lowest BCUT2D eigenvalue weighted by Crippen LogP contribution is -2.37. The zero-order valence-corrected chi connectivity index (χ0v) is 15.7. The van der Waals surface area contributed by atoms with Crippen LogP contribution in [-0.4, -0.2) is 48.2 Å². The Morgan fingerprint density at radius 1 is 1.19 bits per heavy atom. The summed E-state index contributed by atoms with van der Waals surface area (Å²) in [6, 6.07) is 10.2. The van der Waals surface area contributed by atoms with Crippen LogP contribution in [-0.2, 0) is 20.7 Å². The van der Waals surface area contributed by atoms with Crippen molar-refractivity contribution in [3.05, 3.63) is 35.9 Å². The molecule has 2 rings (SSSR count). The molecular formula is C21H31NO4. The lowest BCUT2D eigenvalue weighted by Gasteiger charge is -2.23. The maximum atomic E-state index is 12.7. The molecule has 0 spiro atoms. The third-order valence-electron chi connectivity index (χ3n) is 5.21. The van der Waals surface area contributed by atoms with Crippen molar-refractivity contribution in [1.82, 2.24) is 4.90 Å². The van der Waals surface area contributed by atoms with Gasteiger partial charge in [0.2, 0.25) is 5.91 Å². The van der Waals surface area contributed by atoms with Crippen LogP contribution >= 0.6 is 0 Å². The standard InChI is InChI=1S/C21H31NO4/c1-26-20(24)13-7-3-6-12-18-15-19(16-23)22(21(18)25)14-8-11-17-9-4-2-5-10-17/h2,4-5,9-10,18-19,23H,3,6-8,11-16H2,1H3/t18-,19+/m1/s1. The molecule has 5 heteroatoms. The third-order valence-corrected chi connectivity index (χ3v) is 5.21. The van der Waals surface area contributed by atoms with Crippen molar-refractivity contribution < 1.29 is 19.4 Å². The van der Waals surface area contributed by atoms with Crippen molar-refractivity contribution >= 4 is 11.9 Å². The van der Waals surface area contributed by atoms with Crippen LogP contribution in [0.25, 0.3) is 0 Å². The quantitative estimate of drug-likeness (QED) is 0.486. The minimum absolute atomic E-state index is 0.0157. The second-order valence-corrected chi connectivity index (χ2v) is 7.07. The van der Waals surface area contributed by atoms with Crippen LogP contribution in [0.1, 0.15) is 50.5 Å². The summed E-state index contributed by atoms with van der Waals surface area (Å²) in [4.78, 5) is 25.7. The number of amides is 1. The van der Waals surface area contributed by atoms with Crippen molar-refractivity contribution in [2.75, 3.05) is 20.3 Å². The number of benzene rings is 1. The number of likely N-dealkylation sites (tertiary alicyclic amines) is 1. The minimum Gasteiger partial charge on any atom is -0.469 e. The monoisotopic (exact) mass is 361 g/mol. The number of unbranched alkanes of at least 4 members (excludes halogenated alkanes) is 2. The van der Waals surface area contributed by atoms with Gasteiger partial charge < -0.3 is 14.7 Å². The average molecular weight is 361 g/mol. The number of aryl methyl sites for hydroxylation is 1. The van der Waals surface area contributed by atoms with Gasteiger partial charge in [-0.2, -0.15) is 0 Å². The van der Waals surface area contributed by atoms with Crippen LogP contribution in [0.2, 0.25) is 0 Å². The van der Waals surface area contributed by atoms with Crippen molar-refractivity contribution in [2.24, 2.45) is 5.92 Å². The zero-order chi connectivity index (χ0) is 18.8. The first kappa shape index (κ1) is 20.4. The highest BCUT2D eigenvalue weighted by Crippen LogP contribution is 2.29. The average Bonchev–Trinajstić information content (AvgIpc) is 2.97. The molecule has 0 unspecified atom stereocenters. The number of ether oxygens (including phenoxy) is 1. The molecular weight excluding hydrogens is 330 g/mol. The van der Waals surface area contributed by atoms with E-state index in [0.29, 0.717) is 13.0 Å². The van der Waals surface area contributed by atoms with E-state index in [9.17, 15) is 14.7 Å². The van der Waals surface area contributed by atoms with Gasteiger partial charge in [-0.1, -0.05) is 43.2 Å². The highest BCUT2D eigenvalue weighted by Gasteiger charge is 2.37. The van der Waals surface area contributed by atoms with Gasteiger partial charge in [-0.05, 0) is 37.7 Å². The first-order chi connectivity index (χ1) is 12.7. The number of methoxy groups -OCH3 is 1. The van der Waals surface area contributed by atoms with Gasteiger partial charge in [-0.3, -0.25) is 9.59 Å². The maximum Gasteiger partial charge on any atom is 0.305 e. The number of hydrogen-bond acceptors (Lipinski definition) is 4. The molecule has 0 aromatic heterocycles. The lowest BCUT2D eigenvalue weighted by molar-refractivity contribution is -0.140. The van der Waals surface area contributed by atoms with E-state index in [-0.39, 0.29) is 30.4 Å². The Labute approximate surface area is 156 Å². The molecule has 0 bridgehead atoms. The van der Waals surface area contributed by atoms with Crippen molar-refractivity contribution in [3.63, 3.8) is 0 Å². The summed E-state index contributed by atoms with van der Waals surface area (Å²) >= 11 is 0. The SMILES string of the molecule is COC(=O)CCCCC[C@@H]1C[C@@H](CO)N(CCCc2ccccc2)C1=O. The summed E-state index contributed by atoms with van der Waals surface area (Å²) in [5.74, 6) is 0.0268. The lowest BCUT2D eigenvalue weighted by atomic mass is 9.97. The Morgan fingerprint density at radius 2 is 1.96 bits per heavy atom. The van der Waals surface area contributed by atoms with E-state index in [0.717, 1.165) is 44.9 Å². The van der Waals surface area contributed by atoms with E-state index < -0.39 is 0 Å². The van der Waals surface area contributed by atoms with Crippen molar-refractivity contribution in [3.8, 4) is 0 Å². The van der Waals surface area contributed by atoms with E-state index >= 15 is 0 Å². The van der Waals surface area contributed by atoms with E-state index in [1.165, 1.54) is 12.7 Å². The molecule has 1 amide bonds. The normalized spacial score (nSPS) is 19.8. The molecule has 1 aliphatic heterocycles. The minimum atomic E-state index is -0.174. The second kappa shape index (κ2) is 11.0. The van der Waals surface area contributed by atoms with Crippen molar-refractivity contribution in [2.45, 2.75) is 57.4 Å². The van der Waals surface area contributed by atoms with Gasteiger partial charge in [0, 0.05) is 18.9 Å². The van der Waals surface area contributed by atoms with Gasteiger partial charge >= 0.3 is 5.97 Å². The van der Waals surface area contributed by atoms with E-state index in [1.807, 2.05) is 23.1 Å². The number of nitrogens with zero attached hydrogens (tertiary/aromatic N) is 1. The first-order valence-corrected chi connectivity index (χ1v) is 9.67. The molecule has 1 aromatic rings. The predicted molar refractivity (Wildman–Crippen MR) is 101 cm³/mol. The number of carbonyl (C=O) groups is 2. The van der Waals surface area contributed by atoms with Crippen LogP contribution in [0.15, 0.2) is 30.3 Å². The Balaban J connectivity index is 1.72. The van der Waals surface area contributed by atoms with Gasteiger partial charge in [0.05, 0.1) is 19.8 Å². The first-order valence-electron chi connectivity index (χ1n) is 9.67. The summed E-state index contributed by atoms with van der Waals surface area (Å²) in [6.45, 7) is 0.744. The fourth-order valence-electron chi connectivity index (χ4n) is 3.72. The molecule has 1 N–H and O–H groups in total. The van der Waals surface area contributed by atoms with Crippen LogP contribution in [0, 0.1) is 5.92 Å². The molecule has 0 aliphatic carbocycles. The fraction of sp³-hybridized carbons (Fsp3) is 0.619. The van der Waals surface area contributed by atoms with Gasteiger partial charge in [0.15, 0.2) is 0 Å². The maximum absolute atomic E-state index is 12.7. The van der Waals surface area contributed by atoms with Crippen LogP contribution < -0.4 is 0 Å². The molecule has 26 heavy (non-hydrogen) atoms. The Morgan fingerprint density at radius 3 is 2.65 bits per heavy atom. The highest BCUT2D eigenvalue weighted by atomic mass is 16.5. The van der Waals surface area contributed by atoms with Crippen LogP contribution in [0.3, 0.4) is 0 Å². The summed E-state index contributed by atoms with van der Waals surface area (Å²) in [5.41, 5.74) is 1.28. The Bertz CT molecular complexity index is 560. The fourth-order valence-corrected chi connectivity index (χ4v) is 3.72. The topological polar surface area (TPSA) is 66.8 Å². The molecule has 1 heterocycles. The Kier molecular flexibility index (Phi) is 8.62. The summed E-state index contributed by atoms with van der Waals surface area (Å²) < 4.78 is 4.63. The highest BCUT2D eigenvalue weighted by molar-refractivity contribution is 5.81. The number of aliphatic hydroxyl groups is 1. The number of rotatable bonds is 11. The molecule has 0 saturated carbocycles. The predicted octanol–water partition coefficient (Wildman–Crippen LogP) is 2.95. The van der Waals surface area contributed by atoms with Gasteiger partial charge in [-0.15, -0.1) is 0 Å². The van der Waals surface area contributed by atoms with Crippen LogP contribution in [0.4, 0.5) is 0 Å². The summed E-state index contributed by atoms with van der Waals surface area (Å²) in [7, 11) is 1.40. The number of esters is 1. The molecule has 1 saturated heterocycles. The molecule has 1 aromatic carbocycles. The number of hydrogen-bond donors (Lipinski definition) is 1.